The third-order valence-electron chi connectivity index (χ3n) is 3.44. The second-order valence-electron chi connectivity index (χ2n) is 5.16. The Morgan fingerprint density at radius 2 is 2.11 bits per heavy atom. The number of aliphatic hydroxyl groups is 1. The van der Waals surface area contributed by atoms with E-state index in [1.807, 2.05) is 24.9 Å². The summed E-state index contributed by atoms with van der Waals surface area (Å²) in [5, 5.41) is 20.1. The summed E-state index contributed by atoms with van der Waals surface area (Å²) in [6, 6.07) is 5.12. The number of benzene rings is 1. The van der Waals surface area contributed by atoms with E-state index in [0.717, 1.165) is 30.6 Å². The van der Waals surface area contributed by atoms with E-state index in [9.17, 15) is 15.2 Å². The van der Waals surface area contributed by atoms with E-state index in [1.54, 1.807) is 12.1 Å². The van der Waals surface area contributed by atoms with Crippen LogP contribution < -0.4 is 4.90 Å². The number of hydrogen-bond donors (Lipinski definition) is 1. The van der Waals surface area contributed by atoms with Crippen molar-refractivity contribution in [3.8, 4) is 0 Å². The number of non-ortho nitro benzene ring substituents is 1. The van der Waals surface area contributed by atoms with Crippen molar-refractivity contribution in [1.29, 1.82) is 0 Å². The summed E-state index contributed by atoms with van der Waals surface area (Å²) in [5.74, 6) is 0.490. The molecule has 5 nitrogen and oxygen atoms in total. The van der Waals surface area contributed by atoms with Crippen LogP contribution in [0.25, 0.3) is 0 Å². The zero-order valence-corrected chi connectivity index (χ0v) is 10.7. The Morgan fingerprint density at radius 1 is 1.44 bits per heavy atom. The summed E-state index contributed by atoms with van der Waals surface area (Å²) >= 11 is 0. The SMILES string of the molecule is Cc1cc(N(C)CC2CC(O)C2)cc([N+](=O)[O-])c1. The van der Waals surface area contributed by atoms with E-state index in [2.05, 4.69) is 0 Å². The Kier molecular flexibility index (Phi) is 3.52. The van der Waals surface area contributed by atoms with Gasteiger partial charge in [-0.25, -0.2) is 0 Å². The molecule has 0 saturated heterocycles. The Hall–Kier alpha value is -1.62. The second-order valence-corrected chi connectivity index (χ2v) is 5.16. The van der Waals surface area contributed by atoms with E-state index in [0.29, 0.717) is 5.92 Å². The van der Waals surface area contributed by atoms with Gasteiger partial charge in [0.1, 0.15) is 0 Å². The lowest BCUT2D eigenvalue weighted by Crippen LogP contribution is -2.37. The van der Waals surface area contributed by atoms with Crippen LogP contribution in [0.15, 0.2) is 18.2 Å². The summed E-state index contributed by atoms with van der Waals surface area (Å²) in [6.45, 7) is 2.69. The van der Waals surface area contributed by atoms with Crippen LogP contribution in [0.3, 0.4) is 0 Å². The quantitative estimate of drug-likeness (QED) is 0.656. The van der Waals surface area contributed by atoms with E-state index < -0.39 is 0 Å². The molecule has 98 valence electrons. The van der Waals surface area contributed by atoms with Gasteiger partial charge in [0.25, 0.3) is 5.69 Å². The van der Waals surface area contributed by atoms with Crippen molar-refractivity contribution in [1.82, 2.24) is 0 Å². The van der Waals surface area contributed by atoms with Gasteiger partial charge in [-0.2, -0.15) is 0 Å². The number of hydrogen-bond acceptors (Lipinski definition) is 4. The van der Waals surface area contributed by atoms with Crippen molar-refractivity contribution in [2.45, 2.75) is 25.9 Å². The third kappa shape index (κ3) is 2.79. The minimum absolute atomic E-state index is 0.130. The molecule has 0 heterocycles. The Bertz CT molecular complexity index is 456. The predicted octanol–water partition coefficient (Wildman–Crippen LogP) is 2.11. The molecule has 1 aromatic rings. The lowest BCUT2D eigenvalue weighted by molar-refractivity contribution is -0.384. The number of aliphatic hydroxyl groups excluding tert-OH is 1. The van der Waals surface area contributed by atoms with Crippen LogP contribution in [-0.2, 0) is 0 Å². The summed E-state index contributed by atoms with van der Waals surface area (Å²) in [6.07, 6.45) is 1.51. The highest BCUT2D eigenvalue weighted by molar-refractivity contribution is 5.55. The van der Waals surface area contributed by atoms with Crippen molar-refractivity contribution in [3.63, 3.8) is 0 Å². The van der Waals surface area contributed by atoms with Gasteiger partial charge in [0, 0.05) is 31.4 Å². The zero-order valence-electron chi connectivity index (χ0n) is 10.7. The van der Waals surface area contributed by atoms with Gasteiger partial charge in [-0.15, -0.1) is 0 Å². The van der Waals surface area contributed by atoms with Crippen LogP contribution in [0.1, 0.15) is 18.4 Å². The van der Waals surface area contributed by atoms with Gasteiger partial charge in [-0.05, 0) is 37.3 Å². The number of aryl methyl sites for hydroxylation is 1. The van der Waals surface area contributed by atoms with Gasteiger partial charge < -0.3 is 10.0 Å². The average molecular weight is 250 g/mol. The van der Waals surface area contributed by atoms with Crippen molar-refractivity contribution >= 4 is 11.4 Å². The fourth-order valence-electron chi connectivity index (χ4n) is 2.41. The molecule has 0 radical (unpaired) electrons. The molecule has 1 N–H and O–H groups in total. The molecule has 1 aliphatic carbocycles. The van der Waals surface area contributed by atoms with Gasteiger partial charge in [-0.1, -0.05) is 0 Å². The zero-order chi connectivity index (χ0) is 13.3. The highest BCUT2D eigenvalue weighted by Crippen LogP contribution is 2.30. The van der Waals surface area contributed by atoms with E-state index in [4.69, 9.17) is 0 Å². The molecule has 0 aromatic heterocycles. The molecule has 1 aliphatic rings. The highest BCUT2D eigenvalue weighted by Gasteiger charge is 2.28. The number of nitrogens with zero attached hydrogens (tertiary/aromatic N) is 2. The van der Waals surface area contributed by atoms with Crippen molar-refractivity contribution in [2.75, 3.05) is 18.5 Å². The smallest absolute Gasteiger partial charge is 0.271 e. The van der Waals surface area contributed by atoms with Crippen LogP contribution in [0, 0.1) is 23.0 Å². The molecular formula is C13H18N2O3. The molecule has 1 fully saturated rings. The van der Waals surface area contributed by atoms with Gasteiger partial charge in [-0.3, -0.25) is 10.1 Å². The third-order valence-corrected chi connectivity index (χ3v) is 3.44. The topological polar surface area (TPSA) is 66.6 Å². The molecule has 0 atom stereocenters. The number of nitro groups is 1. The molecule has 1 saturated carbocycles. The highest BCUT2D eigenvalue weighted by atomic mass is 16.6. The van der Waals surface area contributed by atoms with Crippen LogP contribution in [-0.4, -0.2) is 29.7 Å². The maximum atomic E-state index is 10.8. The molecular weight excluding hydrogens is 232 g/mol. The van der Waals surface area contributed by atoms with Crippen LogP contribution >= 0.6 is 0 Å². The lowest BCUT2D eigenvalue weighted by Gasteiger charge is -2.35. The average Bonchev–Trinajstić information content (AvgIpc) is 2.26. The summed E-state index contributed by atoms with van der Waals surface area (Å²) in [4.78, 5) is 12.5. The van der Waals surface area contributed by atoms with Crippen LogP contribution in [0.4, 0.5) is 11.4 Å². The first kappa shape index (κ1) is 12.8. The largest absolute Gasteiger partial charge is 0.393 e. The lowest BCUT2D eigenvalue weighted by atomic mass is 9.82. The van der Waals surface area contributed by atoms with E-state index in [1.165, 1.54) is 0 Å². The molecule has 0 spiro atoms. The van der Waals surface area contributed by atoms with Crippen molar-refractivity contribution in [2.24, 2.45) is 5.92 Å². The number of anilines is 1. The molecule has 0 amide bonds. The van der Waals surface area contributed by atoms with Gasteiger partial charge in [0.05, 0.1) is 11.0 Å². The predicted molar refractivity (Wildman–Crippen MR) is 69.8 cm³/mol. The van der Waals surface area contributed by atoms with E-state index in [-0.39, 0.29) is 16.7 Å². The van der Waals surface area contributed by atoms with Crippen molar-refractivity contribution in [3.05, 3.63) is 33.9 Å². The Morgan fingerprint density at radius 3 is 2.67 bits per heavy atom. The maximum Gasteiger partial charge on any atom is 0.271 e. The van der Waals surface area contributed by atoms with Gasteiger partial charge in [0.2, 0.25) is 0 Å². The standard InChI is InChI=1S/C13H18N2O3/c1-9-3-11(7-12(4-9)15(17)18)14(2)8-10-5-13(16)6-10/h3-4,7,10,13,16H,5-6,8H2,1-2H3. The summed E-state index contributed by atoms with van der Waals surface area (Å²) < 4.78 is 0. The Balaban J connectivity index is 2.09. The molecule has 1 aromatic carbocycles. The summed E-state index contributed by atoms with van der Waals surface area (Å²) in [7, 11) is 1.93. The van der Waals surface area contributed by atoms with E-state index >= 15 is 0 Å². The number of rotatable bonds is 4. The van der Waals surface area contributed by atoms with Crippen LogP contribution in [0.2, 0.25) is 0 Å². The maximum absolute atomic E-state index is 10.8. The number of nitro benzene ring substituents is 1. The first-order valence-electron chi connectivity index (χ1n) is 6.11. The molecule has 0 bridgehead atoms. The second kappa shape index (κ2) is 4.94. The van der Waals surface area contributed by atoms with Gasteiger partial charge >= 0.3 is 0 Å². The molecule has 0 unspecified atom stereocenters. The van der Waals surface area contributed by atoms with Gasteiger partial charge in [0.15, 0.2) is 0 Å². The summed E-state index contributed by atoms with van der Waals surface area (Å²) in [5.41, 5.74) is 1.88. The first-order valence-corrected chi connectivity index (χ1v) is 6.11. The molecule has 0 aliphatic heterocycles. The minimum Gasteiger partial charge on any atom is -0.393 e. The van der Waals surface area contributed by atoms with Crippen LogP contribution in [0.5, 0.6) is 0 Å². The molecule has 5 heteroatoms. The minimum atomic E-state index is -0.364. The van der Waals surface area contributed by atoms with Crippen molar-refractivity contribution < 1.29 is 10.0 Å². The fraction of sp³-hybridized carbons (Fsp3) is 0.538. The normalized spacial score (nSPS) is 22.4. The fourth-order valence-corrected chi connectivity index (χ4v) is 2.41. The molecule has 2 rings (SSSR count). The Labute approximate surface area is 106 Å². The first-order chi connectivity index (χ1) is 8.45. The molecule has 18 heavy (non-hydrogen) atoms. The monoisotopic (exact) mass is 250 g/mol.